The molecular formula is C19H17FN2O2S. The highest BCUT2D eigenvalue weighted by Gasteiger charge is 2.12. The van der Waals surface area contributed by atoms with Gasteiger partial charge in [-0.1, -0.05) is 18.2 Å². The van der Waals surface area contributed by atoms with Gasteiger partial charge < -0.3 is 9.73 Å². The fourth-order valence-corrected chi connectivity index (χ4v) is 2.82. The van der Waals surface area contributed by atoms with E-state index >= 15 is 0 Å². The second-order valence-corrected chi connectivity index (χ2v) is 6.26. The SMILES string of the molecule is CSc1cccc(NC(=O)CCc2ncc(-c3ccccc3F)o2)c1. The number of anilines is 1. The Hall–Kier alpha value is -2.60. The van der Waals surface area contributed by atoms with Gasteiger partial charge in [0.2, 0.25) is 5.91 Å². The first kappa shape index (κ1) is 17.2. The lowest BCUT2D eigenvalue weighted by Crippen LogP contribution is -2.12. The van der Waals surface area contributed by atoms with E-state index in [9.17, 15) is 9.18 Å². The molecule has 3 aromatic rings. The summed E-state index contributed by atoms with van der Waals surface area (Å²) in [7, 11) is 0. The summed E-state index contributed by atoms with van der Waals surface area (Å²) in [5.74, 6) is 0.285. The zero-order valence-corrected chi connectivity index (χ0v) is 14.5. The van der Waals surface area contributed by atoms with E-state index in [1.54, 1.807) is 30.0 Å². The molecular weight excluding hydrogens is 339 g/mol. The van der Waals surface area contributed by atoms with Gasteiger partial charge in [-0.2, -0.15) is 0 Å². The zero-order chi connectivity index (χ0) is 17.6. The van der Waals surface area contributed by atoms with Crippen LogP contribution in [-0.4, -0.2) is 17.1 Å². The molecule has 128 valence electrons. The molecule has 0 spiro atoms. The minimum atomic E-state index is -0.364. The van der Waals surface area contributed by atoms with E-state index < -0.39 is 0 Å². The molecule has 1 amide bonds. The summed E-state index contributed by atoms with van der Waals surface area (Å²) in [4.78, 5) is 17.3. The predicted molar refractivity (Wildman–Crippen MR) is 97.1 cm³/mol. The summed E-state index contributed by atoms with van der Waals surface area (Å²) in [6.45, 7) is 0. The van der Waals surface area contributed by atoms with Crippen molar-refractivity contribution in [2.45, 2.75) is 17.7 Å². The van der Waals surface area contributed by atoms with E-state index in [0.29, 0.717) is 23.6 Å². The van der Waals surface area contributed by atoms with E-state index in [-0.39, 0.29) is 18.1 Å². The van der Waals surface area contributed by atoms with Crippen LogP contribution in [-0.2, 0) is 11.2 Å². The number of halogens is 1. The van der Waals surface area contributed by atoms with Crippen molar-refractivity contribution in [2.75, 3.05) is 11.6 Å². The monoisotopic (exact) mass is 356 g/mol. The molecule has 4 nitrogen and oxygen atoms in total. The second-order valence-electron chi connectivity index (χ2n) is 5.38. The molecule has 0 unspecified atom stereocenters. The van der Waals surface area contributed by atoms with E-state index in [2.05, 4.69) is 10.3 Å². The zero-order valence-electron chi connectivity index (χ0n) is 13.7. The molecule has 0 radical (unpaired) electrons. The highest BCUT2D eigenvalue weighted by atomic mass is 32.2. The molecule has 0 fully saturated rings. The molecule has 1 N–H and O–H groups in total. The van der Waals surface area contributed by atoms with Crippen molar-refractivity contribution in [1.29, 1.82) is 0 Å². The standard InChI is InChI=1S/C19H17FN2O2S/c1-25-14-6-4-5-13(11-14)22-18(23)9-10-19-21-12-17(24-19)15-7-2-3-8-16(15)20/h2-8,11-12H,9-10H2,1H3,(H,22,23). The van der Waals surface area contributed by atoms with Crippen LogP contribution in [0, 0.1) is 5.82 Å². The number of aryl methyl sites for hydroxylation is 1. The molecule has 3 rings (SSSR count). The summed E-state index contributed by atoms with van der Waals surface area (Å²) in [6.07, 6.45) is 4.05. The van der Waals surface area contributed by atoms with Crippen molar-refractivity contribution in [3.63, 3.8) is 0 Å². The molecule has 0 saturated carbocycles. The van der Waals surface area contributed by atoms with Crippen molar-refractivity contribution in [2.24, 2.45) is 0 Å². The van der Waals surface area contributed by atoms with Crippen LogP contribution in [0.5, 0.6) is 0 Å². The number of carbonyl (C=O) groups is 1. The Bertz CT molecular complexity index is 879. The third-order valence-corrected chi connectivity index (χ3v) is 4.34. The molecule has 1 heterocycles. The molecule has 0 atom stereocenters. The minimum Gasteiger partial charge on any atom is -0.441 e. The van der Waals surface area contributed by atoms with Crippen molar-refractivity contribution in [3.05, 3.63) is 66.4 Å². The van der Waals surface area contributed by atoms with Gasteiger partial charge in [0.15, 0.2) is 11.7 Å². The van der Waals surface area contributed by atoms with Gasteiger partial charge >= 0.3 is 0 Å². The van der Waals surface area contributed by atoms with Gasteiger partial charge in [0.05, 0.1) is 11.8 Å². The Kier molecular flexibility index (Phi) is 5.50. The first-order chi connectivity index (χ1) is 12.2. The number of hydrogen-bond donors (Lipinski definition) is 1. The maximum absolute atomic E-state index is 13.7. The Labute approximate surface area is 149 Å². The number of hydrogen-bond acceptors (Lipinski definition) is 4. The van der Waals surface area contributed by atoms with Crippen LogP contribution in [0.25, 0.3) is 11.3 Å². The third kappa shape index (κ3) is 4.48. The molecule has 25 heavy (non-hydrogen) atoms. The molecule has 0 aliphatic rings. The summed E-state index contributed by atoms with van der Waals surface area (Å²) in [5.41, 5.74) is 1.12. The number of thioether (sulfide) groups is 1. The van der Waals surface area contributed by atoms with Crippen molar-refractivity contribution < 1.29 is 13.6 Å². The topological polar surface area (TPSA) is 55.1 Å². The summed E-state index contributed by atoms with van der Waals surface area (Å²) in [6, 6.07) is 14.0. The average Bonchev–Trinajstić information content (AvgIpc) is 3.09. The number of benzene rings is 2. The van der Waals surface area contributed by atoms with Gasteiger partial charge in [-0.15, -0.1) is 11.8 Å². The number of amides is 1. The molecule has 6 heteroatoms. The van der Waals surface area contributed by atoms with Gasteiger partial charge in [-0.05, 0) is 36.6 Å². The van der Waals surface area contributed by atoms with Crippen LogP contribution in [0.2, 0.25) is 0 Å². The average molecular weight is 356 g/mol. The molecule has 0 bridgehead atoms. The van der Waals surface area contributed by atoms with Crippen molar-refractivity contribution >= 4 is 23.4 Å². The van der Waals surface area contributed by atoms with Crippen LogP contribution < -0.4 is 5.32 Å². The van der Waals surface area contributed by atoms with Crippen LogP contribution in [0.3, 0.4) is 0 Å². The Morgan fingerprint density at radius 2 is 2.08 bits per heavy atom. The predicted octanol–water partition coefficient (Wildman–Crippen LogP) is 4.77. The minimum absolute atomic E-state index is 0.121. The fraction of sp³-hybridized carbons (Fsp3) is 0.158. The van der Waals surface area contributed by atoms with Crippen LogP contribution >= 0.6 is 11.8 Å². The van der Waals surface area contributed by atoms with E-state index in [4.69, 9.17) is 4.42 Å². The first-order valence-corrected chi connectivity index (χ1v) is 9.01. The highest BCUT2D eigenvalue weighted by Crippen LogP contribution is 2.24. The van der Waals surface area contributed by atoms with Crippen LogP contribution in [0.4, 0.5) is 10.1 Å². The Balaban J connectivity index is 1.58. The lowest BCUT2D eigenvalue weighted by atomic mass is 10.2. The number of rotatable bonds is 6. The van der Waals surface area contributed by atoms with Gasteiger partial charge in [0.25, 0.3) is 0 Å². The highest BCUT2D eigenvalue weighted by molar-refractivity contribution is 7.98. The van der Waals surface area contributed by atoms with Crippen LogP contribution in [0.1, 0.15) is 12.3 Å². The van der Waals surface area contributed by atoms with E-state index in [0.717, 1.165) is 10.6 Å². The van der Waals surface area contributed by atoms with Crippen molar-refractivity contribution in [1.82, 2.24) is 4.98 Å². The smallest absolute Gasteiger partial charge is 0.224 e. The Morgan fingerprint density at radius 1 is 1.24 bits per heavy atom. The maximum atomic E-state index is 13.7. The van der Waals surface area contributed by atoms with E-state index in [1.165, 1.54) is 12.3 Å². The largest absolute Gasteiger partial charge is 0.441 e. The quantitative estimate of drug-likeness (QED) is 0.646. The molecule has 1 aromatic heterocycles. The maximum Gasteiger partial charge on any atom is 0.224 e. The van der Waals surface area contributed by atoms with Gasteiger partial charge in [0.1, 0.15) is 5.82 Å². The lowest BCUT2D eigenvalue weighted by molar-refractivity contribution is -0.116. The van der Waals surface area contributed by atoms with Gasteiger partial charge in [-0.3, -0.25) is 4.79 Å². The summed E-state index contributed by atoms with van der Waals surface area (Å²) >= 11 is 1.62. The molecule has 2 aromatic carbocycles. The first-order valence-electron chi connectivity index (χ1n) is 7.79. The Morgan fingerprint density at radius 3 is 2.88 bits per heavy atom. The molecule has 0 saturated heterocycles. The molecule has 0 aliphatic heterocycles. The number of aromatic nitrogens is 1. The normalized spacial score (nSPS) is 10.6. The summed E-state index contributed by atoms with van der Waals surface area (Å²) in [5, 5.41) is 2.85. The van der Waals surface area contributed by atoms with Crippen LogP contribution in [0.15, 0.2) is 64.0 Å². The third-order valence-electron chi connectivity index (χ3n) is 3.61. The second kappa shape index (κ2) is 7.98. The van der Waals surface area contributed by atoms with Crippen molar-refractivity contribution in [3.8, 4) is 11.3 Å². The van der Waals surface area contributed by atoms with E-state index in [1.807, 2.05) is 30.5 Å². The van der Waals surface area contributed by atoms with Gasteiger partial charge in [0, 0.05) is 23.4 Å². The summed E-state index contributed by atoms with van der Waals surface area (Å²) < 4.78 is 19.3. The number of carbonyl (C=O) groups excluding carboxylic acids is 1. The molecule has 0 aliphatic carbocycles. The number of nitrogens with zero attached hydrogens (tertiary/aromatic N) is 1. The van der Waals surface area contributed by atoms with Gasteiger partial charge in [-0.25, -0.2) is 9.37 Å². The lowest BCUT2D eigenvalue weighted by Gasteiger charge is -2.05. The fourth-order valence-electron chi connectivity index (χ4n) is 2.36. The number of oxazole rings is 1. The number of nitrogens with one attached hydrogen (secondary N) is 1.